The Morgan fingerprint density at radius 2 is 1.75 bits per heavy atom. The number of rotatable bonds is 14. The second-order valence-electron chi connectivity index (χ2n) is 10.2. The summed E-state index contributed by atoms with van der Waals surface area (Å²) in [6.45, 7) is 4.57. The Morgan fingerprint density at radius 1 is 1.05 bits per heavy atom. The molecule has 1 aliphatic heterocycles. The van der Waals surface area contributed by atoms with Crippen LogP contribution in [0.3, 0.4) is 0 Å². The van der Waals surface area contributed by atoms with Crippen LogP contribution in [0.4, 0.5) is 18.9 Å². The van der Waals surface area contributed by atoms with Crippen molar-refractivity contribution < 1.29 is 27.6 Å². The van der Waals surface area contributed by atoms with Gasteiger partial charge in [0.1, 0.15) is 12.6 Å². The number of likely N-dealkylation sites (N-methyl/N-ethyl adjacent to an activating group) is 2. The molecule has 0 bridgehead atoms. The highest BCUT2D eigenvalue weighted by atomic mass is 19.4. The van der Waals surface area contributed by atoms with Crippen LogP contribution in [-0.4, -0.2) is 81.1 Å². The van der Waals surface area contributed by atoms with Gasteiger partial charge in [0.15, 0.2) is 0 Å². The molecule has 0 spiro atoms. The Balaban J connectivity index is 1.51. The zero-order valence-corrected chi connectivity index (χ0v) is 23.3. The van der Waals surface area contributed by atoms with Crippen LogP contribution in [0.5, 0.6) is 0 Å². The smallest absolute Gasteiger partial charge is 0.369 e. The van der Waals surface area contributed by atoms with Gasteiger partial charge >= 0.3 is 6.18 Å². The van der Waals surface area contributed by atoms with Gasteiger partial charge in [0, 0.05) is 57.4 Å². The van der Waals surface area contributed by atoms with Gasteiger partial charge in [-0.15, -0.1) is 0 Å². The van der Waals surface area contributed by atoms with E-state index in [2.05, 4.69) is 15.1 Å². The number of halogens is 3. The van der Waals surface area contributed by atoms with Crippen molar-refractivity contribution >= 4 is 24.2 Å². The fraction of sp³-hybridized carbons (Fsp3) is 0.500. The number of amides is 1. The largest absolute Gasteiger partial charge is 0.416 e. The van der Waals surface area contributed by atoms with Crippen molar-refractivity contribution in [2.75, 3.05) is 51.7 Å². The molecule has 7 nitrogen and oxygen atoms in total. The lowest BCUT2D eigenvalue weighted by Crippen LogP contribution is -2.46. The van der Waals surface area contributed by atoms with Crippen molar-refractivity contribution in [2.24, 2.45) is 0 Å². The Labute approximate surface area is 234 Å². The first-order valence-corrected chi connectivity index (χ1v) is 13.7. The van der Waals surface area contributed by atoms with Gasteiger partial charge in [-0.05, 0) is 74.7 Å². The summed E-state index contributed by atoms with van der Waals surface area (Å²) >= 11 is 0. The zero-order chi connectivity index (χ0) is 29.1. The first kappa shape index (κ1) is 31.3. The Morgan fingerprint density at radius 3 is 2.35 bits per heavy atom. The molecule has 1 fully saturated rings. The minimum Gasteiger partial charge on any atom is -0.369 e. The summed E-state index contributed by atoms with van der Waals surface area (Å²) in [4.78, 5) is 41.5. The molecule has 3 rings (SSSR count). The van der Waals surface area contributed by atoms with Gasteiger partial charge < -0.3 is 15.0 Å². The summed E-state index contributed by atoms with van der Waals surface area (Å²) in [5, 5.41) is 2.66. The van der Waals surface area contributed by atoms with Crippen LogP contribution in [0.25, 0.3) is 0 Å². The third kappa shape index (κ3) is 8.63. The van der Waals surface area contributed by atoms with Crippen molar-refractivity contribution in [3.63, 3.8) is 0 Å². The number of carbonyl (C=O) groups is 3. The fourth-order valence-corrected chi connectivity index (χ4v) is 5.24. The van der Waals surface area contributed by atoms with E-state index in [0.717, 1.165) is 93.5 Å². The van der Waals surface area contributed by atoms with Gasteiger partial charge in [-0.25, -0.2) is 0 Å². The predicted octanol–water partition coefficient (Wildman–Crippen LogP) is 4.19. The number of hydrogen-bond acceptors (Lipinski definition) is 6. The molecule has 2 aromatic carbocycles. The molecule has 1 unspecified atom stereocenters. The number of unbranched alkanes of at least 4 members (excludes halogenated alkanes) is 1. The molecule has 0 radical (unpaired) electrons. The van der Waals surface area contributed by atoms with Crippen LogP contribution < -0.4 is 10.2 Å². The number of aldehydes is 2. The third-order valence-electron chi connectivity index (χ3n) is 7.59. The molecule has 0 aliphatic carbocycles. The lowest BCUT2D eigenvalue weighted by Gasteiger charge is -2.36. The first-order chi connectivity index (χ1) is 19.2. The molecule has 1 aliphatic rings. The van der Waals surface area contributed by atoms with Crippen LogP contribution >= 0.6 is 0 Å². The highest BCUT2D eigenvalue weighted by molar-refractivity contribution is 5.82. The van der Waals surface area contributed by atoms with Crippen LogP contribution in [-0.2, 0) is 28.7 Å². The van der Waals surface area contributed by atoms with E-state index in [1.54, 1.807) is 25.2 Å². The minimum absolute atomic E-state index is 0.159. The van der Waals surface area contributed by atoms with Crippen LogP contribution in [0.15, 0.2) is 42.5 Å². The number of anilines is 1. The van der Waals surface area contributed by atoms with E-state index in [-0.39, 0.29) is 12.3 Å². The quantitative estimate of drug-likeness (QED) is 0.276. The summed E-state index contributed by atoms with van der Waals surface area (Å²) in [5.41, 5.74) is 2.77. The van der Waals surface area contributed by atoms with E-state index in [1.165, 1.54) is 0 Å². The normalized spacial score (nSPS) is 15.2. The van der Waals surface area contributed by atoms with E-state index >= 15 is 0 Å². The number of benzene rings is 2. The monoisotopic (exact) mass is 560 g/mol. The van der Waals surface area contributed by atoms with Gasteiger partial charge in [-0.2, -0.15) is 13.2 Å². The number of alkyl halides is 3. The van der Waals surface area contributed by atoms with Gasteiger partial charge in [-0.3, -0.25) is 19.4 Å². The van der Waals surface area contributed by atoms with Crippen molar-refractivity contribution in [1.29, 1.82) is 0 Å². The number of carbonyl (C=O) groups excluding carboxylic acids is 3. The molecular weight excluding hydrogens is 521 g/mol. The molecule has 40 heavy (non-hydrogen) atoms. The zero-order valence-electron chi connectivity index (χ0n) is 23.3. The first-order valence-electron chi connectivity index (χ1n) is 13.7. The maximum absolute atomic E-state index is 12.8. The molecule has 0 saturated carbocycles. The average Bonchev–Trinajstić information content (AvgIpc) is 2.95. The maximum atomic E-state index is 12.8. The predicted molar refractivity (Wildman–Crippen MR) is 149 cm³/mol. The van der Waals surface area contributed by atoms with E-state index in [9.17, 15) is 27.6 Å². The van der Waals surface area contributed by atoms with Crippen LogP contribution in [0, 0.1) is 0 Å². The van der Waals surface area contributed by atoms with E-state index in [4.69, 9.17) is 0 Å². The summed E-state index contributed by atoms with van der Waals surface area (Å²) in [5.74, 6) is -0.159. The molecule has 218 valence electrons. The average molecular weight is 561 g/mol. The number of piperazine rings is 1. The second-order valence-corrected chi connectivity index (χ2v) is 10.2. The van der Waals surface area contributed by atoms with Gasteiger partial charge in [0.05, 0.1) is 11.6 Å². The SMILES string of the molecule is CNC(=O)C(CCC=O)N(C)Cc1c(C=O)cccc1CCCCN1CCN(c2ccc(C(F)(F)F)cc2)CC1. The number of aryl methyl sites for hydroxylation is 1. The summed E-state index contributed by atoms with van der Waals surface area (Å²) < 4.78 is 38.5. The lowest BCUT2D eigenvalue weighted by molar-refractivity contribution is -0.137. The maximum Gasteiger partial charge on any atom is 0.416 e. The third-order valence-corrected chi connectivity index (χ3v) is 7.59. The number of hydrogen-bond donors (Lipinski definition) is 1. The molecule has 10 heteroatoms. The van der Waals surface area contributed by atoms with Crippen molar-refractivity contribution in [3.05, 3.63) is 64.7 Å². The standard InChI is InChI=1S/C30H39F3N4O3/c1-34-29(40)28(10-6-20-38)35(2)21-27-23(8-5-9-24(27)22-39)7-3-4-15-36-16-18-37(19-17-36)26-13-11-25(12-14-26)30(31,32)33/h5,8-9,11-14,20,22,28H,3-4,6-7,10,15-19,21H2,1-2H3,(H,34,40). The highest BCUT2D eigenvalue weighted by Crippen LogP contribution is 2.30. The van der Waals surface area contributed by atoms with Gasteiger partial charge in [0.25, 0.3) is 0 Å². The molecule has 1 heterocycles. The number of nitrogens with zero attached hydrogens (tertiary/aromatic N) is 3. The Bertz CT molecular complexity index is 1120. The van der Waals surface area contributed by atoms with Gasteiger partial charge in [0.2, 0.25) is 5.91 Å². The van der Waals surface area contributed by atoms with Crippen LogP contribution in [0.1, 0.15) is 52.7 Å². The summed E-state index contributed by atoms with van der Waals surface area (Å²) in [6, 6.07) is 10.6. The fourth-order valence-electron chi connectivity index (χ4n) is 5.24. The number of nitrogens with one attached hydrogen (secondary N) is 1. The van der Waals surface area contributed by atoms with E-state index in [1.807, 2.05) is 24.1 Å². The highest BCUT2D eigenvalue weighted by Gasteiger charge is 2.30. The van der Waals surface area contributed by atoms with E-state index in [0.29, 0.717) is 18.5 Å². The molecule has 1 saturated heterocycles. The van der Waals surface area contributed by atoms with E-state index < -0.39 is 17.8 Å². The van der Waals surface area contributed by atoms with Crippen molar-refractivity contribution in [1.82, 2.24) is 15.1 Å². The Hall–Kier alpha value is -3.24. The van der Waals surface area contributed by atoms with Crippen LogP contribution in [0.2, 0.25) is 0 Å². The molecule has 1 amide bonds. The molecule has 1 N–H and O–H groups in total. The van der Waals surface area contributed by atoms with Gasteiger partial charge in [-0.1, -0.05) is 18.2 Å². The minimum atomic E-state index is -4.33. The molecule has 2 aromatic rings. The molecular formula is C30H39F3N4O3. The molecule has 1 atom stereocenters. The summed E-state index contributed by atoms with van der Waals surface area (Å²) in [7, 11) is 3.41. The second kappa shape index (κ2) is 14.9. The summed E-state index contributed by atoms with van der Waals surface area (Å²) in [6.07, 6.45) is 0.728. The Kier molecular flexibility index (Phi) is 11.7. The van der Waals surface area contributed by atoms with Crippen molar-refractivity contribution in [3.8, 4) is 0 Å². The molecule has 0 aromatic heterocycles. The topological polar surface area (TPSA) is 73.0 Å². The lowest BCUT2D eigenvalue weighted by atomic mass is 9.96. The van der Waals surface area contributed by atoms with Crippen molar-refractivity contribution in [2.45, 2.75) is 50.9 Å².